The highest BCUT2D eigenvalue weighted by Gasteiger charge is 2.52. The summed E-state index contributed by atoms with van der Waals surface area (Å²) in [7, 11) is 0. The Bertz CT molecular complexity index is 502. The van der Waals surface area contributed by atoms with Gasteiger partial charge >= 0.3 is 0 Å². The van der Waals surface area contributed by atoms with Crippen molar-refractivity contribution in [2.45, 2.75) is 44.1 Å². The zero-order valence-corrected chi connectivity index (χ0v) is 11.5. The van der Waals surface area contributed by atoms with E-state index in [4.69, 9.17) is 4.74 Å². The predicted octanol–water partition coefficient (Wildman–Crippen LogP) is 3.94. The lowest BCUT2D eigenvalue weighted by atomic mass is 9.54. The molecule has 4 aliphatic rings. The molecular weight excluding hydrogens is 254 g/mol. The van der Waals surface area contributed by atoms with Crippen molar-refractivity contribution in [2.75, 3.05) is 0 Å². The van der Waals surface area contributed by atoms with Crippen molar-refractivity contribution in [1.29, 1.82) is 0 Å². The molecule has 0 unspecified atom stereocenters. The van der Waals surface area contributed by atoms with E-state index in [0.29, 0.717) is 0 Å². The number of hydrogen-bond donors (Lipinski definition) is 0. The van der Waals surface area contributed by atoms with Crippen molar-refractivity contribution in [3.8, 4) is 5.75 Å². The second-order valence-corrected chi connectivity index (χ2v) is 6.95. The van der Waals surface area contributed by atoms with Crippen LogP contribution in [-0.2, 0) is 0 Å². The van der Waals surface area contributed by atoms with Crippen molar-refractivity contribution in [3.05, 3.63) is 34.4 Å². The van der Waals surface area contributed by atoms with Crippen LogP contribution in [0.15, 0.2) is 24.3 Å². The molecule has 0 aromatic heterocycles. The summed E-state index contributed by atoms with van der Waals surface area (Å²) >= 11 is 0. The van der Waals surface area contributed by atoms with E-state index in [9.17, 15) is 10.1 Å². The van der Waals surface area contributed by atoms with Crippen molar-refractivity contribution >= 4 is 5.69 Å². The summed E-state index contributed by atoms with van der Waals surface area (Å²) in [5, 5.41) is 10.7. The zero-order valence-electron chi connectivity index (χ0n) is 11.5. The van der Waals surface area contributed by atoms with Crippen molar-refractivity contribution in [1.82, 2.24) is 0 Å². The molecule has 5 rings (SSSR count). The van der Waals surface area contributed by atoms with Gasteiger partial charge in [0.05, 0.1) is 4.92 Å². The van der Waals surface area contributed by atoms with E-state index in [1.54, 1.807) is 12.1 Å². The number of hydrogen-bond acceptors (Lipinski definition) is 3. The third-order valence-electron chi connectivity index (χ3n) is 5.36. The molecule has 1 aromatic rings. The molecule has 106 valence electrons. The minimum absolute atomic E-state index is 0.0187. The third kappa shape index (κ3) is 1.98. The molecule has 4 aliphatic carbocycles. The normalized spacial score (nSPS) is 37.9. The summed E-state index contributed by atoms with van der Waals surface area (Å²) in [6.45, 7) is 0. The van der Waals surface area contributed by atoms with Gasteiger partial charge in [-0.25, -0.2) is 0 Å². The first-order chi connectivity index (χ1) is 9.62. The van der Waals surface area contributed by atoms with Gasteiger partial charge in [-0.1, -0.05) is 0 Å². The molecule has 0 amide bonds. The second kappa shape index (κ2) is 4.21. The summed E-state index contributed by atoms with van der Waals surface area (Å²) in [5.74, 6) is 3.33. The fourth-order valence-corrected chi connectivity index (χ4v) is 5.04. The topological polar surface area (TPSA) is 52.4 Å². The molecule has 0 N–H and O–H groups in total. The fourth-order valence-electron chi connectivity index (χ4n) is 5.04. The second-order valence-electron chi connectivity index (χ2n) is 6.95. The first-order valence-corrected chi connectivity index (χ1v) is 7.55. The lowest BCUT2D eigenvalue weighted by Gasteiger charge is -2.56. The molecule has 4 nitrogen and oxygen atoms in total. The summed E-state index contributed by atoms with van der Waals surface area (Å²) in [5.41, 5.74) is 0.146. The van der Waals surface area contributed by atoms with E-state index >= 15 is 0 Å². The van der Waals surface area contributed by atoms with Gasteiger partial charge in [0.1, 0.15) is 11.4 Å². The highest BCUT2D eigenvalue weighted by Crippen LogP contribution is 2.57. The van der Waals surface area contributed by atoms with Gasteiger partial charge in [-0.2, -0.15) is 0 Å². The highest BCUT2D eigenvalue weighted by atomic mass is 16.6. The Morgan fingerprint density at radius 3 is 1.95 bits per heavy atom. The molecule has 20 heavy (non-hydrogen) atoms. The number of nitrogens with zero attached hydrogens (tertiary/aromatic N) is 1. The Hall–Kier alpha value is -1.58. The Balaban J connectivity index is 1.55. The van der Waals surface area contributed by atoms with Crippen LogP contribution in [0, 0.1) is 27.9 Å². The number of non-ortho nitro benzene ring substituents is 1. The van der Waals surface area contributed by atoms with Crippen molar-refractivity contribution in [3.63, 3.8) is 0 Å². The minimum Gasteiger partial charge on any atom is -0.487 e. The molecule has 0 heterocycles. The van der Waals surface area contributed by atoms with Crippen LogP contribution in [0.5, 0.6) is 5.75 Å². The van der Waals surface area contributed by atoms with Gasteiger partial charge in [0.25, 0.3) is 5.69 Å². The predicted molar refractivity (Wildman–Crippen MR) is 74.6 cm³/mol. The van der Waals surface area contributed by atoms with Crippen LogP contribution < -0.4 is 4.74 Å². The van der Waals surface area contributed by atoms with Gasteiger partial charge in [-0.05, 0) is 68.4 Å². The summed E-state index contributed by atoms with van der Waals surface area (Å²) < 4.78 is 6.33. The van der Waals surface area contributed by atoms with E-state index in [0.717, 1.165) is 23.5 Å². The smallest absolute Gasteiger partial charge is 0.269 e. The van der Waals surface area contributed by atoms with Crippen LogP contribution in [0.1, 0.15) is 38.5 Å². The summed E-state index contributed by atoms with van der Waals surface area (Å²) in [4.78, 5) is 10.3. The molecule has 4 bridgehead atoms. The highest BCUT2D eigenvalue weighted by molar-refractivity contribution is 5.36. The summed E-state index contributed by atoms with van der Waals surface area (Å²) in [6.07, 6.45) is 7.70. The molecule has 4 saturated carbocycles. The molecule has 0 atom stereocenters. The van der Waals surface area contributed by atoms with Crippen LogP contribution >= 0.6 is 0 Å². The lowest BCUT2D eigenvalue weighted by molar-refractivity contribution is -0.384. The zero-order chi connectivity index (χ0) is 13.7. The van der Waals surface area contributed by atoms with E-state index < -0.39 is 0 Å². The van der Waals surface area contributed by atoms with E-state index in [1.165, 1.54) is 50.7 Å². The monoisotopic (exact) mass is 273 g/mol. The van der Waals surface area contributed by atoms with Crippen LogP contribution in [0.4, 0.5) is 5.69 Å². The number of nitro groups is 1. The van der Waals surface area contributed by atoms with Crippen LogP contribution in [0.2, 0.25) is 0 Å². The SMILES string of the molecule is O=[N+]([O-])c1ccc(OC23CC4CC(CC(C4)C2)C3)cc1. The lowest BCUT2D eigenvalue weighted by Crippen LogP contribution is -2.53. The minimum atomic E-state index is -0.367. The van der Waals surface area contributed by atoms with Gasteiger partial charge in [0.2, 0.25) is 0 Å². The first kappa shape index (κ1) is 12.2. The van der Waals surface area contributed by atoms with Gasteiger partial charge in [-0.3, -0.25) is 10.1 Å². The van der Waals surface area contributed by atoms with Gasteiger partial charge in [0.15, 0.2) is 0 Å². The number of ether oxygens (including phenoxy) is 1. The number of rotatable bonds is 3. The largest absolute Gasteiger partial charge is 0.487 e. The average Bonchev–Trinajstić information content (AvgIpc) is 2.37. The van der Waals surface area contributed by atoms with E-state index in [2.05, 4.69) is 0 Å². The Morgan fingerprint density at radius 1 is 1.00 bits per heavy atom. The van der Waals surface area contributed by atoms with Crippen LogP contribution in [0.3, 0.4) is 0 Å². The molecule has 0 spiro atoms. The van der Waals surface area contributed by atoms with Crippen molar-refractivity contribution < 1.29 is 9.66 Å². The van der Waals surface area contributed by atoms with E-state index in [1.807, 2.05) is 0 Å². The molecule has 4 fully saturated rings. The maximum Gasteiger partial charge on any atom is 0.269 e. The number of benzene rings is 1. The fraction of sp³-hybridized carbons (Fsp3) is 0.625. The van der Waals surface area contributed by atoms with Gasteiger partial charge in [-0.15, -0.1) is 0 Å². The number of nitro benzene ring substituents is 1. The van der Waals surface area contributed by atoms with Crippen LogP contribution in [0.25, 0.3) is 0 Å². The van der Waals surface area contributed by atoms with Gasteiger partial charge < -0.3 is 4.74 Å². The first-order valence-electron chi connectivity index (χ1n) is 7.55. The maximum absolute atomic E-state index is 10.7. The van der Waals surface area contributed by atoms with Crippen LogP contribution in [-0.4, -0.2) is 10.5 Å². The Kier molecular flexibility index (Phi) is 2.56. The van der Waals surface area contributed by atoms with E-state index in [-0.39, 0.29) is 16.2 Å². The Labute approximate surface area is 118 Å². The molecule has 0 radical (unpaired) electrons. The Morgan fingerprint density at radius 2 is 1.50 bits per heavy atom. The molecule has 1 aromatic carbocycles. The quantitative estimate of drug-likeness (QED) is 0.619. The average molecular weight is 273 g/mol. The maximum atomic E-state index is 10.7. The molecule has 0 saturated heterocycles. The third-order valence-corrected chi connectivity index (χ3v) is 5.36. The van der Waals surface area contributed by atoms with Gasteiger partial charge in [0, 0.05) is 12.1 Å². The van der Waals surface area contributed by atoms with Crippen molar-refractivity contribution in [2.24, 2.45) is 17.8 Å². The molecular formula is C16H19NO3. The molecule has 0 aliphatic heterocycles. The summed E-state index contributed by atoms with van der Waals surface area (Å²) in [6, 6.07) is 6.57. The molecule has 4 heteroatoms. The standard InChI is InChI=1S/C16H19NO3/c18-17(19)14-1-3-15(4-2-14)20-16-8-11-5-12(9-16)7-13(6-11)10-16/h1-4,11-13H,5-10H2.